The highest BCUT2D eigenvalue weighted by atomic mass is 35.5. The molecule has 7 heteroatoms. The molecule has 0 bridgehead atoms. The predicted molar refractivity (Wildman–Crippen MR) is 86.0 cm³/mol. The fourth-order valence-corrected chi connectivity index (χ4v) is 2.22. The number of hydrogen-bond acceptors (Lipinski definition) is 4. The van der Waals surface area contributed by atoms with Gasteiger partial charge < -0.3 is 44.2 Å². The molecular formula is C16H21Cl3N2O2-2. The minimum absolute atomic E-state index is 0. The van der Waals surface area contributed by atoms with Crippen LogP contribution in [-0.2, 0) is 6.54 Å². The van der Waals surface area contributed by atoms with Crippen molar-refractivity contribution in [2.24, 2.45) is 0 Å². The van der Waals surface area contributed by atoms with Crippen LogP contribution >= 0.6 is 11.6 Å². The molecule has 23 heavy (non-hydrogen) atoms. The van der Waals surface area contributed by atoms with Crippen LogP contribution in [0, 0.1) is 0 Å². The van der Waals surface area contributed by atoms with Crippen molar-refractivity contribution in [2.75, 3.05) is 34.3 Å². The van der Waals surface area contributed by atoms with Gasteiger partial charge in [0.25, 0.3) is 0 Å². The highest BCUT2D eigenvalue weighted by Crippen LogP contribution is 2.30. The van der Waals surface area contributed by atoms with E-state index in [-0.39, 0.29) is 24.8 Å². The molecule has 0 aliphatic carbocycles. The Morgan fingerprint density at radius 3 is 2.52 bits per heavy atom. The average Bonchev–Trinajstić information content (AvgIpc) is 2.92. The van der Waals surface area contributed by atoms with E-state index in [2.05, 4.69) is 24.3 Å². The Balaban J connectivity index is 0.00000242. The van der Waals surface area contributed by atoms with Gasteiger partial charge in [-0.25, -0.2) is 0 Å². The van der Waals surface area contributed by atoms with Gasteiger partial charge in [0.05, 0.1) is 18.7 Å². The molecule has 0 unspecified atom stereocenters. The summed E-state index contributed by atoms with van der Waals surface area (Å²) in [4.78, 5) is 2.14. The molecule has 130 valence electrons. The average molecular weight is 380 g/mol. The lowest BCUT2D eigenvalue weighted by atomic mass is 10.2. The maximum atomic E-state index is 6.13. The lowest BCUT2D eigenvalue weighted by Crippen LogP contribution is -3.00. The molecule has 2 rings (SSSR count). The zero-order valence-corrected chi connectivity index (χ0v) is 15.7. The molecule has 2 aromatic rings. The molecule has 0 saturated carbocycles. The van der Waals surface area contributed by atoms with Crippen LogP contribution in [-0.4, -0.2) is 39.2 Å². The van der Waals surface area contributed by atoms with Crippen LogP contribution in [0.1, 0.15) is 5.76 Å². The fourth-order valence-electron chi connectivity index (χ4n) is 1.96. The molecule has 0 saturated heterocycles. The number of nitrogens with zero attached hydrogens (tertiary/aromatic N) is 1. The van der Waals surface area contributed by atoms with Crippen LogP contribution in [0.5, 0.6) is 5.75 Å². The zero-order valence-electron chi connectivity index (χ0n) is 13.4. The second-order valence-corrected chi connectivity index (χ2v) is 5.50. The third kappa shape index (κ3) is 6.61. The van der Waals surface area contributed by atoms with E-state index in [4.69, 9.17) is 20.8 Å². The molecule has 0 radical (unpaired) electrons. The highest BCUT2D eigenvalue weighted by molar-refractivity contribution is 6.32. The van der Waals surface area contributed by atoms with E-state index < -0.39 is 0 Å². The molecule has 0 aliphatic rings. The maximum absolute atomic E-state index is 6.13. The van der Waals surface area contributed by atoms with Gasteiger partial charge in [-0.05, 0) is 44.4 Å². The van der Waals surface area contributed by atoms with E-state index >= 15 is 0 Å². The molecule has 1 aromatic carbocycles. The summed E-state index contributed by atoms with van der Waals surface area (Å²) in [5, 5.41) is 3.93. The summed E-state index contributed by atoms with van der Waals surface area (Å²) in [6.45, 7) is 2.65. The normalized spacial score (nSPS) is 10.1. The standard InChI is InChI=1S/C16H21ClN2O2.2ClH/c1-19(2)9-8-18-11-13-5-7-15(21-13)12-4-6-16(20-3)14(17)10-12;;/h4-7,10,18H,8-9,11H2,1-3H3;2*1H/p-2. The van der Waals surface area contributed by atoms with Crippen LogP contribution in [0.3, 0.4) is 0 Å². The first-order valence-electron chi connectivity index (χ1n) is 6.88. The van der Waals surface area contributed by atoms with Crippen LogP contribution in [0.15, 0.2) is 34.7 Å². The van der Waals surface area contributed by atoms with Crippen LogP contribution in [0.2, 0.25) is 5.02 Å². The SMILES string of the molecule is COc1ccc(-c2ccc(CNCCN(C)C)o2)cc1Cl.[Cl-].[Cl-]. The first-order chi connectivity index (χ1) is 10.1. The minimum atomic E-state index is 0. The van der Waals surface area contributed by atoms with Gasteiger partial charge in [-0.2, -0.15) is 0 Å². The number of ether oxygens (including phenoxy) is 1. The molecule has 0 fully saturated rings. The summed E-state index contributed by atoms with van der Waals surface area (Å²) < 4.78 is 11.0. The molecule has 0 amide bonds. The van der Waals surface area contributed by atoms with Crippen molar-refractivity contribution in [3.63, 3.8) is 0 Å². The van der Waals surface area contributed by atoms with Crippen molar-refractivity contribution in [2.45, 2.75) is 6.54 Å². The zero-order chi connectivity index (χ0) is 15.2. The van der Waals surface area contributed by atoms with Gasteiger partial charge in [0.2, 0.25) is 0 Å². The number of methoxy groups -OCH3 is 1. The molecule has 0 spiro atoms. The Bertz CT molecular complexity index is 588. The first kappa shape index (κ1) is 22.1. The van der Waals surface area contributed by atoms with E-state index in [1.807, 2.05) is 30.3 Å². The number of nitrogens with one attached hydrogen (secondary N) is 1. The van der Waals surface area contributed by atoms with Gasteiger partial charge >= 0.3 is 0 Å². The van der Waals surface area contributed by atoms with E-state index in [1.165, 1.54) is 0 Å². The molecule has 1 aromatic heterocycles. The Hall–Kier alpha value is -0.910. The van der Waals surface area contributed by atoms with Crippen LogP contribution < -0.4 is 34.9 Å². The summed E-state index contributed by atoms with van der Waals surface area (Å²) in [5.74, 6) is 2.39. The van der Waals surface area contributed by atoms with Crippen molar-refractivity contribution in [1.29, 1.82) is 0 Å². The number of halogens is 3. The van der Waals surface area contributed by atoms with Crippen molar-refractivity contribution >= 4 is 11.6 Å². The van der Waals surface area contributed by atoms with E-state index in [1.54, 1.807) is 7.11 Å². The van der Waals surface area contributed by atoms with E-state index in [0.29, 0.717) is 10.8 Å². The largest absolute Gasteiger partial charge is 1.00 e. The number of hydrogen-bond donors (Lipinski definition) is 1. The predicted octanol–water partition coefficient (Wildman–Crippen LogP) is -2.73. The number of furan rings is 1. The summed E-state index contributed by atoms with van der Waals surface area (Å²) in [7, 11) is 5.71. The Morgan fingerprint density at radius 1 is 1.17 bits per heavy atom. The Kier molecular flexibility index (Phi) is 10.4. The molecule has 1 N–H and O–H groups in total. The molecular weight excluding hydrogens is 359 g/mol. The first-order valence-corrected chi connectivity index (χ1v) is 7.26. The van der Waals surface area contributed by atoms with Crippen molar-refractivity contribution in [3.05, 3.63) is 41.1 Å². The Labute approximate surface area is 155 Å². The third-order valence-electron chi connectivity index (χ3n) is 3.13. The summed E-state index contributed by atoms with van der Waals surface area (Å²) in [6.07, 6.45) is 0. The highest BCUT2D eigenvalue weighted by Gasteiger charge is 2.08. The van der Waals surface area contributed by atoms with E-state index in [0.717, 1.165) is 36.7 Å². The topological polar surface area (TPSA) is 37.6 Å². The van der Waals surface area contributed by atoms with Crippen LogP contribution in [0.4, 0.5) is 0 Å². The lowest BCUT2D eigenvalue weighted by Gasteiger charge is -2.09. The molecule has 1 heterocycles. The van der Waals surface area contributed by atoms with Crippen molar-refractivity contribution < 1.29 is 34.0 Å². The van der Waals surface area contributed by atoms with Gasteiger partial charge in [-0.15, -0.1) is 0 Å². The Morgan fingerprint density at radius 2 is 1.91 bits per heavy atom. The van der Waals surface area contributed by atoms with Gasteiger partial charge in [0.15, 0.2) is 0 Å². The second-order valence-electron chi connectivity index (χ2n) is 5.10. The molecule has 0 aliphatic heterocycles. The monoisotopic (exact) mass is 378 g/mol. The van der Waals surface area contributed by atoms with Crippen molar-refractivity contribution in [3.8, 4) is 17.1 Å². The van der Waals surface area contributed by atoms with Gasteiger partial charge in [0.1, 0.15) is 17.3 Å². The maximum Gasteiger partial charge on any atom is 0.137 e. The molecule has 0 atom stereocenters. The van der Waals surface area contributed by atoms with Crippen molar-refractivity contribution in [1.82, 2.24) is 10.2 Å². The minimum Gasteiger partial charge on any atom is -1.00 e. The van der Waals surface area contributed by atoms with Gasteiger partial charge in [0, 0.05) is 18.7 Å². The summed E-state index contributed by atoms with van der Waals surface area (Å²) in [6, 6.07) is 9.57. The second kappa shape index (κ2) is 10.8. The number of benzene rings is 1. The molecule has 4 nitrogen and oxygen atoms in total. The smallest absolute Gasteiger partial charge is 0.137 e. The fraction of sp³-hybridized carbons (Fsp3) is 0.375. The number of likely N-dealkylation sites (N-methyl/N-ethyl adjacent to an activating group) is 1. The lowest BCUT2D eigenvalue weighted by molar-refractivity contribution is -0.00100. The number of rotatable bonds is 7. The van der Waals surface area contributed by atoms with Gasteiger partial charge in [-0.1, -0.05) is 11.6 Å². The third-order valence-corrected chi connectivity index (χ3v) is 3.43. The summed E-state index contributed by atoms with van der Waals surface area (Å²) in [5.41, 5.74) is 0.945. The summed E-state index contributed by atoms with van der Waals surface area (Å²) >= 11 is 6.13. The van der Waals surface area contributed by atoms with Crippen LogP contribution in [0.25, 0.3) is 11.3 Å². The van der Waals surface area contributed by atoms with Gasteiger partial charge in [-0.3, -0.25) is 0 Å². The quantitative estimate of drug-likeness (QED) is 0.530. The van der Waals surface area contributed by atoms with E-state index in [9.17, 15) is 0 Å².